The molecule has 2 N–H and O–H groups in total. The van der Waals surface area contributed by atoms with E-state index in [1.54, 1.807) is 19.1 Å². The van der Waals surface area contributed by atoms with Gasteiger partial charge in [0.2, 0.25) is 5.91 Å². The van der Waals surface area contributed by atoms with Crippen LogP contribution in [0.25, 0.3) is 0 Å². The highest BCUT2D eigenvalue weighted by atomic mass is 35.5. The van der Waals surface area contributed by atoms with Crippen LogP contribution in [0.4, 0.5) is 17.1 Å². The Morgan fingerprint density at radius 3 is 2.54 bits per heavy atom. The highest BCUT2D eigenvalue weighted by Gasteiger charge is 2.27. The monoisotopic (exact) mass is 404 g/mol. The highest BCUT2D eigenvalue weighted by Crippen LogP contribution is 2.29. The molecule has 1 heterocycles. The molecular weight excluding hydrogens is 384 g/mol. The fourth-order valence-electron chi connectivity index (χ4n) is 3.21. The van der Waals surface area contributed by atoms with Crippen molar-refractivity contribution >= 4 is 34.6 Å². The second-order valence-corrected chi connectivity index (χ2v) is 7.01. The molecule has 1 aliphatic heterocycles. The van der Waals surface area contributed by atoms with Crippen LogP contribution in [-0.4, -0.2) is 53.1 Å². The SMILES string of the molecule is C[C@@H](C(=O)Nc1cc([N+](=O)[O-])ccc1Cl)N1CCN(c2ccccc2O)CC1. The number of para-hydroxylation sites is 2. The minimum atomic E-state index is -0.534. The number of benzene rings is 2. The number of non-ortho nitro benzene ring substituents is 1. The number of nitro benzene ring substituents is 1. The lowest BCUT2D eigenvalue weighted by Crippen LogP contribution is -2.52. The van der Waals surface area contributed by atoms with Gasteiger partial charge in [0.25, 0.3) is 5.69 Å². The quantitative estimate of drug-likeness (QED) is 0.586. The van der Waals surface area contributed by atoms with Gasteiger partial charge in [0.15, 0.2) is 0 Å². The van der Waals surface area contributed by atoms with E-state index in [9.17, 15) is 20.0 Å². The molecule has 28 heavy (non-hydrogen) atoms. The molecule has 9 heteroatoms. The topological polar surface area (TPSA) is 98.9 Å². The first-order valence-corrected chi connectivity index (χ1v) is 9.26. The molecule has 1 atom stereocenters. The van der Waals surface area contributed by atoms with Crippen molar-refractivity contribution in [1.29, 1.82) is 0 Å². The summed E-state index contributed by atoms with van der Waals surface area (Å²) < 4.78 is 0. The summed E-state index contributed by atoms with van der Waals surface area (Å²) in [5.74, 6) is -0.0412. The van der Waals surface area contributed by atoms with Crippen LogP contribution < -0.4 is 10.2 Å². The molecule has 1 fully saturated rings. The molecule has 1 saturated heterocycles. The number of carbonyl (C=O) groups is 1. The van der Waals surface area contributed by atoms with E-state index < -0.39 is 11.0 Å². The maximum absolute atomic E-state index is 12.6. The van der Waals surface area contributed by atoms with E-state index in [2.05, 4.69) is 10.2 Å². The molecule has 0 unspecified atom stereocenters. The summed E-state index contributed by atoms with van der Waals surface area (Å²) >= 11 is 6.06. The van der Waals surface area contributed by atoms with Crippen LogP contribution in [0.3, 0.4) is 0 Å². The summed E-state index contributed by atoms with van der Waals surface area (Å²) in [6, 6.07) is 10.7. The maximum Gasteiger partial charge on any atom is 0.271 e. The van der Waals surface area contributed by atoms with Crippen molar-refractivity contribution < 1.29 is 14.8 Å². The van der Waals surface area contributed by atoms with Gasteiger partial charge in [-0.1, -0.05) is 23.7 Å². The number of aromatic hydroxyl groups is 1. The van der Waals surface area contributed by atoms with Gasteiger partial charge in [0.05, 0.1) is 27.4 Å². The molecule has 0 spiro atoms. The van der Waals surface area contributed by atoms with E-state index in [0.29, 0.717) is 26.2 Å². The van der Waals surface area contributed by atoms with Gasteiger partial charge in [0.1, 0.15) is 5.75 Å². The molecule has 0 bridgehead atoms. The second-order valence-electron chi connectivity index (χ2n) is 6.60. The molecule has 2 aromatic carbocycles. The van der Waals surface area contributed by atoms with Crippen LogP contribution in [0.15, 0.2) is 42.5 Å². The number of nitrogens with zero attached hydrogens (tertiary/aromatic N) is 3. The lowest BCUT2D eigenvalue weighted by molar-refractivity contribution is -0.384. The standard InChI is InChI=1S/C19H21ClN4O4/c1-13(19(26)21-16-12-14(24(27)28)6-7-15(16)20)22-8-10-23(11-9-22)17-4-2-3-5-18(17)25/h2-7,12-13,25H,8-11H2,1H3,(H,21,26)/t13-/m0/s1. The molecule has 148 valence electrons. The second kappa shape index (κ2) is 8.45. The molecule has 8 nitrogen and oxygen atoms in total. The number of carbonyl (C=O) groups excluding carboxylic acids is 1. The Labute approximate surface area is 167 Å². The van der Waals surface area contributed by atoms with Crippen molar-refractivity contribution in [3.63, 3.8) is 0 Å². The van der Waals surface area contributed by atoms with E-state index in [4.69, 9.17) is 11.6 Å². The molecular formula is C19H21ClN4O4. The third-order valence-electron chi connectivity index (χ3n) is 4.88. The number of hydrogen-bond donors (Lipinski definition) is 2. The van der Waals surface area contributed by atoms with Crippen molar-refractivity contribution in [2.75, 3.05) is 36.4 Å². The van der Waals surface area contributed by atoms with Crippen molar-refractivity contribution in [3.8, 4) is 5.75 Å². The molecule has 3 rings (SSSR count). The average Bonchev–Trinajstić information content (AvgIpc) is 2.69. The lowest BCUT2D eigenvalue weighted by atomic mass is 10.2. The minimum Gasteiger partial charge on any atom is -0.506 e. The van der Waals surface area contributed by atoms with Gasteiger partial charge in [-0.3, -0.25) is 19.8 Å². The number of amides is 1. The number of piperazine rings is 1. The number of phenols is 1. The van der Waals surface area contributed by atoms with Gasteiger partial charge in [-0.05, 0) is 25.1 Å². The normalized spacial score (nSPS) is 15.9. The fourth-order valence-corrected chi connectivity index (χ4v) is 3.37. The van der Waals surface area contributed by atoms with Crippen molar-refractivity contribution in [2.24, 2.45) is 0 Å². The van der Waals surface area contributed by atoms with E-state index in [-0.39, 0.29) is 28.1 Å². The smallest absolute Gasteiger partial charge is 0.271 e. The Balaban J connectivity index is 1.61. The lowest BCUT2D eigenvalue weighted by Gasteiger charge is -2.38. The molecule has 1 aliphatic rings. The zero-order valence-corrected chi connectivity index (χ0v) is 16.1. The van der Waals surface area contributed by atoms with E-state index >= 15 is 0 Å². The molecule has 0 radical (unpaired) electrons. The van der Waals surface area contributed by atoms with Gasteiger partial charge in [-0.15, -0.1) is 0 Å². The van der Waals surface area contributed by atoms with Crippen LogP contribution >= 0.6 is 11.6 Å². The van der Waals surface area contributed by atoms with Crippen LogP contribution in [0.5, 0.6) is 5.75 Å². The number of hydrogen-bond acceptors (Lipinski definition) is 6. The van der Waals surface area contributed by atoms with Crippen LogP contribution in [0.1, 0.15) is 6.92 Å². The first-order valence-electron chi connectivity index (χ1n) is 8.88. The van der Waals surface area contributed by atoms with Gasteiger partial charge in [0, 0.05) is 38.3 Å². The first-order chi connectivity index (χ1) is 13.4. The van der Waals surface area contributed by atoms with Gasteiger partial charge in [-0.25, -0.2) is 0 Å². The molecule has 0 aliphatic carbocycles. The van der Waals surface area contributed by atoms with Gasteiger partial charge < -0.3 is 15.3 Å². The zero-order chi connectivity index (χ0) is 20.3. The zero-order valence-electron chi connectivity index (χ0n) is 15.3. The van der Waals surface area contributed by atoms with Gasteiger partial charge >= 0.3 is 0 Å². The van der Waals surface area contributed by atoms with Crippen molar-refractivity contribution in [1.82, 2.24) is 4.90 Å². The van der Waals surface area contributed by atoms with E-state index in [1.165, 1.54) is 18.2 Å². The number of nitrogens with one attached hydrogen (secondary N) is 1. The Kier molecular flexibility index (Phi) is 6.01. The Hall–Kier alpha value is -2.84. The van der Waals surface area contributed by atoms with E-state index in [0.717, 1.165) is 5.69 Å². The third kappa shape index (κ3) is 4.35. The molecule has 2 aromatic rings. The fraction of sp³-hybridized carbons (Fsp3) is 0.316. The Morgan fingerprint density at radius 1 is 1.21 bits per heavy atom. The Morgan fingerprint density at radius 2 is 1.89 bits per heavy atom. The molecule has 1 amide bonds. The van der Waals surface area contributed by atoms with Crippen molar-refractivity contribution in [3.05, 3.63) is 57.6 Å². The minimum absolute atomic E-state index is 0.136. The average molecular weight is 405 g/mol. The van der Waals surface area contributed by atoms with Crippen LogP contribution in [0.2, 0.25) is 5.02 Å². The maximum atomic E-state index is 12.6. The van der Waals surface area contributed by atoms with E-state index in [1.807, 2.05) is 17.0 Å². The predicted octanol–water partition coefficient (Wildman–Crippen LogP) is 3.10. The van der Waals surface area contributed by atoms with Gasteiger partial charge in [-0.2, -0.15) is 0 Å². The number of anilines is 2. The summed E-state index contributed by atoms with van der Waals surface area (Å²) in [6.45, 7) is 4.42. The first kappa shape index (κ1) is 19.9. The summed E-state index contributed by atoms with van der Waals surface area (Å²) in [6.07, 6.45) is 0. The van der Waals surface area contributed by atoms with Crippen LogP contribution in [0, 0.1) is 10.1 Å². The summed E-state index contributed by atoms with van der Waals surface area (Å²) in [7, 11) is 0. The highest BCUT2D eigenvalue weighted by molar-refractivity contribution is 6.33. The summed E-state index contributed by atoms with van der Waals surface area (Å²) in [4.78, 5) is 27.1. The predicted molar refractivity (Wildman–Crippen MR) is 108 cm³/mol. The largest absolute Gasteiger partial charge is 0.506 e. The third-order valence-corrected chi connectivity index (χ3v) is 5.21. The number of phenolic OH excluding ortho intramolecular Hbond substituents is 1. The molecule has 0 saturated carbocycles. The van der Waals surface area contributed by atoms with Crippen LogP contribution in [-0.2, 0) is 4.79 Å². The van der Waals surface area contributed by atoms with Crippen molar-refractivity contribution in [2.45, 2.75) is 13.0 Å². The molecule has 0 aromatic heterocycles. The number of nitro groups is 1. The summed E-state index contributed by atoms with van der Waals surface area (Å²) in [5.41, 5.74) is 0.867. The number of halogens is 1. The number of rotatable bonds is 5. The Bertz CT molecular complexity index is 884. The summed E-state index contributed by atoms with van der Waals surface area (Å²) in [5, 5.41) is 23.8.